The number of para-hydroxylation sites is 1. The lowest BCUT2D eigenvalue weighted by Gasteiger charge is -2.13. The molecule has 0 fully saturated rings. The second kappa shape index (κ2) is 8.63. The second-order valence-corrected chi connectivity index (χ2v) is 7.72. The molecule has 0 unspecified atom stereocenters. The number of benzene rings is 3. The van der Waals surface area contributed by atoms with Crippen LogP contribution in [0.25, 0.3) is 16.9 Å². The number of rotatable bonds is 6. The highest BCUT2D eigenvalue weighted by atomic mass is 16.5. The Hall–Kier alpha value is -4.39. The lowest BCUT2D eigenvalue weighted by Crippen LogP contribution is -2.40. The van der Waals surface area contributed by atoms with Crippen LogP contribution in [0.3, 0.4) is 0 Å². The molecule has 0 saturated carbocycles. The van der Waals surface area contributed by atoms with Gasteiger partial charge in [0.15, 0.2) is 11.2 Å². The van der Waals surface area contributed by atoms with Crippen molar-refractivity contribution in [3.05, 3.63) is 123 Å². The van der Waals surface area contributed by atoms with Crippen molar-refractivity contribution in [2.24, 2.45) is 0 Å². The third-order valence-corrected chi connectivity index (χ3v) is 5.61. The molecule has 0 bridgehead atoms. The fourth-order valence-electron chi connectivity index (χ4n) is 3.94. The van der Waals surface area contributed by atoms with Gasteiger partial charge in [0.1, 0.15) is 5.75 Å². The zero-order valence-electron chi connectivity index (χ0n) is 18.1. The van der Waals surface area contributed by atoms with E-state index in [-0.39, 0.29) is 12.1 Å². The lowest BCUT2D eigenvalue weighted by atomic mass is 10.2. The Kier molecular flexibility index (Phi) is 5.36. The minimum absolute atomic E-state index is 0.176. The van der Waals surface area contributed by atoms with Crippen molar-refractivity contribution >= 4 is 11.2 Å². The molecule has 0 radical (unpaired) electrons. The Labute approximate surface area is 189 Å². The molecule has 164 valence electrons. The summed E-state index contributed by atoms with van der Waals surface area (Å²) < 4.78 is 9.80. The van der Waals surface area contributed by atoms with E-state index in [4.69, 9.17) is 4.74 Å². The second-order valence-electron chi connectivity index (χ2n) is 7.72. The van der Waals surface area contributed by atoms with Crippen LogP contribution < -0.4 is 16.0 Å². The summed E-state index contributed by atoms with van der Waals surface area (Å²) in [7, 11) is 1.62. The summed E-state index contributed by atoms with van der Waals surface area (Å²) in [6.45, 7) is 0.614. The molecule has 7 nitrogen and oxygen atoms in total. The standard InChI is InChI=1S/C26H22N4O3/c1-33-22-14-12-20(13-15-22)16-28-18-27-24-23(28)25(31)29(17-19-8-4-2-5-9-19)26(32)30(24)21-10-6-3-7-11-21/h2-15,18H,16-17H2,1H3. The summed E-state index contributed by atoms with van der Waals surface area (Å²) in [5.74, 6) is 0.761. The van der Waals surface area contributed by atoms with Gasteiger partial charge in [-0.1, -0.05) is 60.7 Å². The van der Waals surface area contributed by atoms with E-state index in [0.29, 0.717) is 23.4 Å². The first-order valence-corrected chi connectivity index (χ1v) is 10.6. The Morgan fingerprint density at radius 3 is 2.09 bits per heavy atom. The van der Waals surface area contributed by atoms with E-state index in [9.17, 15) is 9.59 Å². The molecule has 0 amide bonds. The Balaban J connectivity index is 1.71. The molecule has 0 saturated heterocycles. The van der Waals surface area contributed by atoms with Crippen LogP contribution in [0.2, 0.25) is 0 Å². The van der Waals surface area contributed by atoms with E-state index in [2.05, 4.69) is 4.98 Å². The highest BCUT2D eigenvalue weighted by molar-refractivity contribution is 5.72. The van der Waals surface area contributed by atoms with Crippen LogP contribution in [0.4, 0.5) is 0 Å². The van der Waals surface area contributed by atoms with Crippen LogP contribution in [0, 0.1) is 0 Å². The summed E-state index contributed by atoms with van der Waals surface area (Å²) in [4.78, 5) is 31.6. The molecule has 0 aliphatic rings. The van der Waals surface area contributed by atoms with Gasteiger partial charge in [-0.05, 0) is 35.4 Å². The van der Waals surface area contributed by atoms with Crippen LogP contribution in [-0.2, 0) is 13.1 Å². The molecule has 0 atom stereocenters. The smallest absolute Gasteiger partial charge is 0.337 e. The van der Waals surface area contributed by atoms with Gasteiger partial charge in [0.05, 0.1) is 25.7 Å². The molecule has 2 heterocycles. The first-order chi connectivity index (χ1) is 16.2. The van der Waals surface area contributed by atoms with Crippen molar-refractivity contribution in [1.82, 2.24) is 18.7 Å². The molecule has 2 aromatic heterocycles. The summed E-state index contributed by atoms with van der Waals surface area (Å²) in [5, 5.41) is 0. The maximum Gasteiger partial charge on any atom is 0.337 e. The van der Waals surface area contributed by atoms with Crippen molar-refractivity contribution in [3.63, 3.8) is 0 Å². The van der Waals surface area contributed by atoms with Gasteiger partial charge in [0.25, 0.3) is 5.56 Å². The van der Waals surface area contributed by atoms with Gasteiger partial charge in [0.2, 0.25) is 0 Å². The minimum Gasteiger partial charge on any atom is -0.497 e. The topological polar surface area (TPSA) is 71.1 Å². The average Bonchev–Trinajstić information content (AvgIpc) is 3.27. The average molecular weight is 438 g/mol. The number of hydrogen-bond donors (Lipinski definition) is 0. The molecule has 5 rings (SSSR count). The van der Waals surface area contributed by atoms with Crippen molar-refractivity contribution in [2.45, 2.75) is 13.1 Å². The number of aromatic nitrogens is 4. The van der Waals surface area contributed by atoms with Gasteiger partial charge < -0.3 is 9.30 Å². The van der Waals surface area contributed by atoms with Crippen LogP contribution in [0.5, 0.6) is 5.75 Å². The Morgan fingerprint density at radius 1 is 0.788 bits per heavy atom. The normalized spacial score (nSPS) is 11.1. The van der Waals surface area contributed by atoms with Crippen LogP contribution in [0.1, 0.15) is 11.1 Å². The quantitative estimate of drug-likeness (QED) is 0.407. The number of fused-ring (bicyclic) bond motifs is 1. The maximum atomic E-state index is 13.6. The third-order valence-electron chi connectivity index (χ3n) is 5.61. The molecular formula is C26H22N4O3. The van der Waals surface area contributed by atoms with Gasteiger partial charge in [-0.25, -0.2) is 14.3 Å². The first kappa shape index (κ1) is 20.5. The molecule has 0 spiro atoms. The highest BCUT2D eigenvalue weighted by Gasteiger charge is 2.19. The molecular weight excluding hydrogens is 416 g/mol. The predicted molar refractivity (Wildman–Crippen MR) is 127 cm³/mol. The van der Waals surface area contributed by atoms with Crippen molar-refractivity contribution in [1.29, 1.82) is 0 Å². The van der Waals surface area contributed by atoms with E-state index < -0.39 is 5.69 Å². The van der Waals surface area contributed by atoms with Gasteiger partial charge in [-0.15, -0.1) is 0 Å². The highest BCUT2D eigenvalue weighted by Crippen LogP contribution is 2.17. The van der Waals surface area contributed by atoms with Crippen molar-refractivity contribution in [3.8, 4) is 11.4 Å². The van der Waals surface area contributed by atoms with Gasteiger partial charge >= 0.3 is 5.69 Å². The third kappa shape index (κ3) is 3.85. The molecule has 7 heteroatoms. The van der Waals surface area contributed by atoms with Gasteiger partial charge in [-0.2, -0.15) is 0 Å². The van der Waals surface area contributed by atoms with Crippen LogP contribution in [0.15, 0.2) is 101 Å². The predicted octanol–water partition coefficient (Wildman–Crippen LogP) is 3.45. The van der Waals surface area contributed by atoms with Crippen molar-refractivity contribution in [2.75, 3.05) is 7.11 Å². The monoisotopic (exact) mass is 438 g/mol. The minimum atomic E-state index is -0.419. The largest absolute Gasteiger partial charge is 0.497 e. The fourth-order valence-corrected chi connectivity index (χ4v) is 3.94. The molecule has 0 aliphatic heterocycles. The van der Waals surface area contributed by atoms with Gasteiger partial charge in [0, 0.05) is 6.54 Å². The molecule has 5 aromatic rings. The summed E-state index contributed by atoms with van der Waals surface area (Å²) in [5.41, 5.74) is 2.45. The van der Waals surface area contributed by atoms with Gasteiger partial charge in [-0.3, -0.25) is 9.36 Å². The number of imidazole rings is 1. The number of ether oxygens (including phenoxy) is 1. The van der Waals surface area contributed by atoms with Crippen LogP contribution >= 0.6 is 0 Å². The summed E-state index contributed by atoms with van der Waals surface area (Å²) in [6, 6.07) is 26.4. The maximum absolute atomic E-state index is 13.6. The van der Waals surface area contributed by atoms with Crippen LogP contribution in [-0.4, -0.2) is 25.8 Å². The number of hydrogen-bond acceptors (Lipinski definition) is 4. The number of methoxy groups -OCH3 is 1. The number of nitrogens with zero attached hydrogens (tertiary/aromatic N) is 4. The van der Waals surface area contributed by atoms with E-state index in [1.807, 2.05) is 84.9 Å². The lowest BCUT2D eigenvalue weighted by molar-refractivity contribution is 0.414. The molecule has 33 heavy (non-hydrogen) atoms. The Morgan fingerprint density at radius 2 is 1.42 bits per heavy atom. The molecule has 0 aliphatic carbocycles. The SMILES string of the molecule is COc1ccc(Cn2cnc3c2c(=O)n(Cc2ccccc2)c(=O)n3-c2ccccc2)cc1. The zero-order chi connectivity index (χ0) is 22.8. The van der Waals surface area contributed by atoms with E-state index in [0.717, 1.165) is 16.9 Å². The summed E-state index contributed by atoms with van der Waals surface area (Å²) in [6.07, 6.45) is 1.61. The van der Waals surface area contributed by atoms with E-state index in [1.54, 1.807) is 18.0 Å². The van der Waals surface area contributed by atoms with E-state index in [1.165, 1.54) is 9.13 Å². The first-order valence-electron chi connectivity index (χ1n) is 10.6. The van der Waals surface area contributed by atoms with E-state index >= 15 is 0 Å². The Bertz CT molecular complexity index is 1520. The zero-order valence-corrected chi connectivity index (χ0v) is 18.1. The fraction of sp³-hybridized carbons (Fsp3) is 0.115. The molecule has 3 aromatic carbocycles. The molecule has 0 N–H and O–H groups in total. The summed E-state index contributed by atoms with van der Waals surface area (Å²) >= 11 is 0. The van der Waals surface area contributed by atoms with Crippen molar-refractivity contribution < 1.29 is 4.74 Å².